The number of rotatable bonds is 5. The lowest BCUT2D eigenvalue weighted by molar-refractivity contribution is -0.122. The molecule has 2 N–H and O–H groups in total. The lowest BCUT2D eigenvalue weighted by Gasteiger charge is -2.33. The molecule has 3 rings (SSSR count). The number of carbonyl (C=O) groups excluding carboxylic acids is 1. The summed E-state index contributed by atoms with van der Waals surface area (Å²) in [5.74, 6) is 2.41. The number of amides is 1. The molecular formula is C18H26ClN3OS. The van der Waals surface area contributed by atoms with Crippen LogP contribution in [0.25, 0.3) is 0 Å². The maximum absolute atomic E-state index is 12.2. The highest BCUT2D eigenvalue weighted by atomic mass is 35.5. The van der Waals surface area contributed by atoms with Crippen molar-refractivity contribution in [3.05, 3.63) is 34.9 Å². The second-order valence-electron chi connectivity index (χ2n) is 6.67. The van der Waals surface area contributed by atoms with Gasteiger partial charge in [-0.3, -0.25) is 9.69 Å². The molecule has 2 fully saturated rings. The Morgan fingerprint density at radius 3 is 2.71 bits per heavy atom. The Bertz CT molecular complexity index is 526. The number of piperidine rings is 1. The standard InChI is InChI=1S/C18H26ClN3OS/c19-15-3-1-14(2-4-15)12-22-8-5-16(6-9-22)21-18(23)11-17-13-24-10-7-20-17/h1-4,16-17,20H,5-13H2,(H,21,23). The molecule has 2 aliphatic heterocycles. The van der Waals surface area contributed by atoms with Crippen LogP contribution in [0, 0.1) is 0 Å². The van der Waals surface area contributed by atoms with Gasteiger partial charge in [0.25, 0.3) is 0 Å². The van der Waals surface area contributed by atoms with Gasteiger partial charge in [0.2, 0.25) is 5.91 Å². The third-order valence-electron chi connectivity index (χ3n) is 4.70. The van der Waals surface area contributed by atoms with E-state index >= 15 is 0 Å². The second-order valence-corrected chi connectivity index (χ2v) is 8.26. The highest BCUT2D eigenvalue weighted by molar-refractivity contribution is 7.99. The molecule has 2 heterocycles. The van der Waals surface area contributed by atoms with Gasteiger partial charge in [0.05, 0.1) is 0 Å². The maximum atomic E-state index is 12.2. The molecule has 4 nitrogen and oxygen atoms in total. The van der Waals surface area contributed by atoms with E-state index in [0.717, 1.165) is 55.5 Å². The largest absolute Gasteiger partial charge is 0.353 e. The first-order valence-corrected chi connectivity index (χ1v) is 10.3. The molecule has 1 atom stereocenters. The molecule has 0 saturated carbocycles. The van der Waals surface area contributed by atoms with Crippen LogP contribution in [0.3, 0.4) is 0 Å². The van der Waals surface area contributed by atoms with E-state index in [1.807, 2.05) is 23.9 Å². The Kier molecular flexibility index (Phi) is 6.84. The third-order valence-corrected chi connectivity index (χ3v) is 6.09. The van der Waals surface area contributed by atoms with E-state index in [-0.39, 0.29) is 5.91 Å². The van der Waals surface area contributed by atoms with Gasteiger partial charge in [0.1, 0.15) is 0 Å². The summed E-state index contributed by atoms with van der Waals surface area (Å²) in [7, 11) is 0. The van der Waals surface area contributed by atoms with Gasteiger partial charge in [-0.1, -0.05) is 23.7 Å². The van der Waals surface area contributed by atoms with Crippen LogP contribution in [0.1, 0.15) is 24.8 Å². The van der Waals surface area contributed by atoms with Gasteiger partial charge in [-0.05, 0) is 30.5 Å². The molecule has 0 radical (unpaired) electrons. The molecule has 0 aliphatic carbocycles. The molecule has 0 spiro atoms. The summed E-state index contributed by atoms with van der Waals surface area (Å²) in [5.41, 5.74) is 1.29. The summed E-state index contributed by atoms with van der Waals surface area (Å²) < 4.78 is 0. The molecule has 2 aliphatic rings. The molecule has 0 bridgehead atoms. The van der Waals surface area contributed by atoms with E-state index in [0.29, 0.717) is 18.5 Å². The summed E-state index contributed by atoms with van der Waals surface area (Å²) in [5, 5.41) is 7.44. The van der Waals surface area contributed by atoms with Crippen LogP contribution >= 0.6 is 23.4 Å². The maximum Gasteiger partial charge on any atom is 0.221 e. The van der Waals surface area contributed by atoms with Gasteiger partial charge < -0.3 is 10.6 Å². The molecule has 6 heteroatoms. The smallest absolute Gasteiger partial charge is 0.221 e. The number of carbonyl (C=O) groups is 1. The van der Waals surface area contributed by atoms with Crippen molar-refractivity contribution in [1.82, 2.24) is 15.5 Å². The first kappa shape index (κ1) is 18.1. The van der Waals surface area contributed by atoms with Crippen LogP contribution < -0.4 is 10.6 Å². The van der Waals surface area contributed by atoms with E-state index in [4.69, 9.17) is 11.6 Å². The molecule has 2 saturated heterocycles. The predicted octanol–water partition coefficient (Wildman–Crippen LogP) is 2.52. The number of hydrogen-bond acceptors (Lipinski definition) is 4. The predicted molar refractivity (Wildman–Crippen MR) is 102 cm³/mol. The van der Waals surface area contributed by atoms with Gasteiger partial charge in [0, 0.05) is 61.2 Å². The van der Waals surface area contributed by atoms with Crippen molar-refractivity contribution in [3.8, 4) is 0 Å². The zero-order valence-electron chi connectivity index (χ0n) is 14.0. The first-order chi connectivity index (χ1) is 11.7. The van der Waals surface area contributed by atoms with Crippen LogP contribution in [-0.2, 0) is 11.3 Å². The van der Waals surface area contributed by atoms with Crippen LogP contribution in [0.2, 0.25) is 5.02 Å². The van der Waals surface area contributed by atoms with Crippen molar-refractivity contribution in [3.63, 3.8) is 0 Å². The quantitative estimate of drug-likeness (QED) is 0.839. The number of benzene rings is 1. The zero-order valence-corrected chi connectivity index (χ0v) is 15.5. The topological polar surface area (TPSA) is 44.4 Å². The van der Waals surface area contributed by atoms with Crippen molar-refractivity contribution in [1.29, 1.82) is 0 Å². The Morgan fingerprint density at radius 2 is 2.04 bits per heavy atom. The highest BCUT2D eigenvalue weighted by Crippen LogP contribution is 2.16. The average molecular weight is 368 g/mol. The zero-order chi connectivity index (χ0) is 16.8. The van der Waals surface area contributed by atoms with E-state index < -0.39 is 0 Å². The van der Waals surface area contributed by atoms with Crippen molar-refractivity contribution in [2.75, 3.05) is 31.1 Å². The molecule has 0 aromatic heterocycles. The number of thioether (sulfide) groups is 1. The van der Waals surface area contributed by atoms with E-state index in [9.17, 15) is 4.79 Å². The molecule has 1 aromatic rings. The fourth-order valence-corrected chi connectivity index (χ4v) is 4.42. The Labute approximate surface area is 153 Å². The van der Waals surface area contributed by atoms with Crippen LogP contribution in [0.15, 0.2) is 24.3 Å². The number of nitrogens with zero attached hydrogens (tertiary/aromatic N) is 1. The number of nitrogens with one attached hydrogen (secondary N) is 2. The van der Waals surface area contributed by atoms with Crippen molar-refractivity contribution in [2.45, 2.75) is 37.9 Å². The SMILES string of the molecule is O=C(CC1CSCCN1)NC1CCN(Cc2ccc(Cl)cc2)CC1. The summed E-state index contributed by atoms with van der Waals surface area (Å²) in [4.78, 5) is 14.6. The molecule has 132 valence electrons. The number of likely N-dealkylation sites (tertiary alicyclic amines) is 1. The normalized spacial score (nSPS) is 23.1. The summed E-state index contributed by atoms with van der Waals surface area (Å²) in [6.07, 6.45) is 2.68. The van der Waals surface area contributed by atoms with Crippen molar-refractivity contribution < 1.29 is 4.79 Å². The molecule has 1 unspecified atom stereocenters. The Morgan fingerprint density at radius 1 is 1.29 bits per heavy atom. The molecule has 24 heavy (non-hydrogen) atoms. The summed E-state index contributed by atoms with van der Waals surface area (Å²) in [6, 6.07) is 8.74. The molecule has 1 amide bonds. The van der Waals surface area contributed by atoms with Crippen molar-refractivity contribution >= 4 is 29.3 Å². The fourth-order valence-electron chi connectivity index (χ4n) is 3.34. The van der Waals surface area contributed by atoms with Gasteiger partial charge >= 0.3 is 0 Å². The van der Waals surface area contributed by atoms with Crippen LogP contribution in [0.5, 0.6) is 0 Å². The Hall–Kier alpha value is -0.750. The summed E-state index contributed by atoms with van der Waals surface area (Å²) >= 11 is 7.87. The minimum atomic E-state index is 0.200. The average Bonchev–Trinajstić information content (AvgIpc) is 2.59. The minimum absolute atomic E-state index is 0.200. The summed E-state index contributed by atoms with van der Waals surface area (Å²) in [6.45, 7) is 4.04. The number of halogens is 1. The molecule has 1 aromatic carbocycles. The highest BCUT2D eigenvalue weighted by Gasteiger charge is 2.22. The fraction of sp³-hybridized carbons (Fsp3) is 0.611. The van der Waals surface area contributed by atoms with Gasteiger partial charge in [-0.25, -0.2) is 0 Å². The van der Waals surface area contributed by atoms with E-state index in [1.165, 1.54) is 5.56 Å². The van der Waals surface area contributed by atoms with Gasteiger partial charge in [-0.2, -0.15) is 11.8 Å². The first-order valence-electron chi connectivity index (χ1n) is 8.76. The Balaban J connectivity index is 1.37. The van der Waals surface area contributed by atoms with Crippen LogP contribution in [0.4, 0.5) is 0 Å². The lowest BCUT2D eigenvalue weighted by Crippen LogP contribution is -2.47. The third kappa shape index (κ3) is 5.66. The second kappa shape index (κ2) is 9.09. The van der Waals surface area contributed by atoms with E-state index in [1.54, 1.807) is 0 Å². The minimum Gasteiger partial charge on any atom is -0.353 e. The van der Waals surface area contributed by atoms with E-state index in [2.05, 4.69) is 27.7 Å². The van der Waals surface area contributed by atoms with Gasteiger partial charge in [-0.15, -0.1) is 0 Å². The monoisotopic (exact) mass is 367 g/mol. The van der Waals surface area contributed by atoms with Crippen molar-refractivity contribution in [2.24, 2.45) is 0 Å². The van der Waals surface area contributed by atoms with Gasteiger partial charge in [0.15, 0.2) is 0 Å². The number of hydrogen-bond donors (Lipinski definition) is 2. The lowest BCUT2D eigenvalue weighted by atomic mass is 10.0. The van der Waals surface area contributed by atoms with Crippen LogP contribution in [-0.4, -0.2) is 54.0 Å². The molecular weight excluding hydrogens is 342 g/mol.